The van der Waals surface area contributed by atoms with E-state index >= 15 is 0 Å². The normalized spacial score (nSPS) is 24.3. The summed E-state index contributed by atoms with van der Waals surface area (Å²) in [7, 11) is 0. The third-order valence-electron chi connectivity index (χ3n) is 16.8. The molecule has 3 aliphatic rings. The fraction of sp³-hybridized carbons (Fsp3) is 0.225. The monoisotopic (exact) mass is 1410 g/mol. The number of carbonyl (C=O) groups is 8. The Labute approximate surface area is 595 Å². The van der Waals surface area contributed by atoms with Gasteiger partial charge in [0.25, 0.3) is 0 Å². The summed E-state index contributed by atoms with van der Waals surface area (Å²) in [5.74, 6) is -7.55. The van der Waals surface area contributed by atoms with Crippen molar-refractivity contribution in [2.75, 3.05) is 13.2 Å². The third kappa shape index (κ3) is 18.1. The Morgan fingerprint density at radius 1 is 0.311 bits per heavy atom. The summed E-state index contributed by atoms with van der Waals surface area (Å²) in [4.78, 5) is 117. The van der Waals surface area contributed by atoms with Gasteiger partial charge >= 0.3 is 47.8 Å². The first-order chi connectivity index (χ1) is 50.2. The first-order valence-electron chi connectivity index (χ1n) is 32.9. The van der Waals surface area contributed by atoms with E-state index in [0.717, 1.165) is 11.8 Å². The molecule has 15 atom stereocenters. The maximum atomic E-state index is 14.9. The van der Waals surface area contributed by atoms with E-state index in [1.807, 2.05) is 0 Å². The van der Waals surface area contributed by atoms with Gasteiger partial charge in [-0.3, -0.25) is 0 Å². The van der Waals surface area contributed by atoms with Gasteiger partial charge < -0.3 is 66.7 Å². The molecule has 103 heavy (non-hydrogen) atoms. The highest BCUT2D eigenvalue weighted by molar-refractivity contribution is 7.99. The largest absolute Gasteiger partial charge is 0.459 e. The standard InChI is InChI=1S/C80H68O22S/c1-49-62(95-71(83)51-31-13-3-14-32-51)65(97-73(85)53-35-17-5-18-36-53)68(100-76(88)56-41-23-8-24-42-56)78(92-49)91-47-59-61(81)64(96-72(84)52-33-15-4-16-34-52)67(99-75(87)55-39-21-7-22-40-55)79(93-59)102-63-60(48-90-70(82)50-29-11-2-12-30-50)94-80(103-58-45-27-10-28-46-58)69(101-77(89)57-43-25-9-26-44-57)66(63)98-74(86)54-37-19-6-20-38-54/h2-46,49,59-69,78-81H,47-48H2,1H3/t49?,59?,60?,61-,62-,63+,64?,65?,66?,67-,68-,69-,78+,79-,80-/m0/s1. The van der Waals surface area contributed by atoms with Gasteiger partial charge in [-0.05, 0) is 116 Å². The van der Waals surface area contributed by atoms with Crippen LogP contribution in [-0.4, -0.2) is 157 Å². The van der Waals surface area contributed by atoms with E-state index in [1.54, 1.807) is 176 Å². The zero-order chi connectivity index (χ0) is 71.6. The minimum Gasteiger partial charge on any atom is -0.459 e. The van der Waals surface area contributed by atoms with Gasteiger partial charge in [0, 0.05) is 4.90 Å². The van der Waals surface area contributed by atoms with Crippen LogP contribution in [0.25, 0.3) is 0 Å². The van der Waals surface area contributed by atoms with Crippen LogP contribution in [0.2, 0.25) is 0 Å². The zero-order valence-electron chi connectivity index (χ0n) is 55.0. The molecule has 0 amide bonds. The molecule has 23 heteroatoms. The predicted octanol–water partition coefficient (Wildman–Crippen LogP) is 11.2. The van der Waals surface area contributed by atoms with E-state index in [4.69, 9.17) is 61.6 Å². The Morgan fingerprint density at radius 2 is 0.612 bits per heavy atom. The van der Waals surface area contributed by atoms with Crippen LogP contribution in [-0.2, 0) is 61.6 Å². The van der Waals surface area contributed by atoms with Gasteiger partial charge in [-0.15, -0.1) is 0 Å². The highest BCUT2D eigenvalue weighted by atomic mass is 32.2. The lowest BCUT2D eigenvalue weighted by Crippen LogP contribution is -2.66. The summed E-state index contributed by atoms with van der Waals surface area (Å²) in [5.41, 5.74) is -0.928. The average molecular weight is 1410 g/mol. The second-order valence-corrected chi connectivity index (χ2v) is 24.9. The van der Waals surface area contributed by atoms with E-state index in [-0.39, 0.29) is 44.5 Å². The number of thioether (sulfide) groups is 1. The van der Waals surface area contributed by atoms with Crippen LogP contribution in [0.5, 0.6) is 0 Å². The summed E-state index contributed by atoms with van der Waals surface area (Å²) in [6, 6.07) is 71.4. The molecule has 526 valence electrons. The molecule has 22 nitrogen and oxygen atoms in total. The average Bonchev–Trinajstić information content (AvgIpc) is 0.763. The number of hydrogen-bond donors (Lipinski definition) is 1. The number of aliphatic hydroxyl groups excluding tert-OH is 1. The quantitative estimate of drug-likeness (QED) is 0.0435. The van der Waals surface area contributed by atoms with Gasteiger partial charge in [0.15, 0.2) is 55.3 Å². The molecule has 0 aliphatic carbocycles. The van der Waals surface area contributed by atoms with Crippen LogP contribution < -0.4 is 0 Å². The topological polar surface area (TPSA) is 277 Å². The van der Waals surface area contributed by atoms with Crippen molar-refractivity contribution in [1.82, 2.24) is 0 Å². The first-order valence-corrected chi connectivity index (χ1v) is 33.8. The van der Waals surface area contributed by atoms with Crippen LogP contribution in [0.3, 0.4) is 0 Å². The van der Waals surface area contributed by atoms with E-state index in [1.165, 1.54) is 104 Å². The summed E-state index contributed by atoms with van der Waals surface area (Å²) in [6.45, 7) is -0.0561. The molecule has 9 aromatic rings. The van der Waals surface area contributed by atoms with Crippen molar-refractivity contribution < 1.29 is 105 Å². The molecule has 3 aliphatic heterocycles. The number of esters is 8. The molecule has 0 aromatic heterocycles. The number of benzene rings is 9. The third-order valence-corrected chi connectivity index (χ3v) is 18.0. The Hall–Kier alpha value is -11.2. The maximum Gasteiger partial charge on any atom is 0.338 e. The van der Waals surface area contributed by atoms with Crippen molar-refractivity contribution in [2.24, 2.45) is 0 Å². The molecule has 0 bridgehead atoms. The van der Waals surface area contributed by atoms with Gasteiger partial charge in [-0.25, -0.2) is 38.4 Å². The van der Waals surface area contributed by atoms with Crippen LogP contribution in [0.1, 0.15) is 89.8 Å². The van der Waals surface area contributed by atoms with Crippen LogP contribution in [0.15, 0.2) is 278 Å². The Morgan fingerprint density at radius 3 is 0.990 bits per heavy atom. The molecule has 9 aromatic carbocycles. The summed E-state index contributed by atoms with van der Waals surface area (Å²) in [6.07, 6.45) is -25.2. The Bertz CT molecular complexity index is 4300. The van der Waals surface area contributed by atoms with Crippen molar-refractivity contribution in [3.8, 4) is 0 Å². The predicted molar refractivity (Wildman–Crippen MR) is 367 cm³/mol. The Balaban J connectivity index is 0.975. The first kappa shape index (κ1) is 71.7. The molecule has 3 heterocycles. The summed E-state index contributed by atoms with van der Waals surface area (Å²) >= 11 is 1.07. The highest BCUT2D eigenvalue weighted by Gasteiger charge is 2.58. The van der Waals surface area contributed by atoms with Gasteiger partial charge in [-0.1, -0.05) is 176 Å². The van der Waals surface area contributed by atoms with Crippen LogP contribution >= 0.6 is 11.8 Å². The summed E-state index contributed by atoms with van der Waals surface area (Å²) in [5, 5.41) is 13.0. The lowest BCUT2D eigenvalue weighted by Gasteiger charge is -2.49. The lowest BCUT2D eigenvalue weighted by atomic mass is 9.96. The van der Waals surface area contributed by atoms with Crippen LogP contribution in [0, 0.1) is 0 Å². The number of rotatable bonds is 24. The molecule has 0 radical (unpaired) electrons. The molecule has 6 unspecified atom stereocenters. The highest BCUT2D eigenvalue weighted by Crippen LogP contribution is 2.41. The van der Waals surface area contributed by atoms with E-state index in [9.17, 15) is 43.5 Å². The van der Waals surface area contributed by atoms with Crippen molar-refractivity contribution in [2.45, 2.75) is 103 Å². The molecule has 3 fully saturated rings. The van der Waals surface area contributed by atoms with Gasteiger partial charge in [0.05, 0.1) is 57.2 Å². The zero-order valence-corrected chi connectivity index (χ0v) is 55.8. The molecule has 0 saturated carbocycles. The SMILES string of the molecule is CC1O[C@@H](OCC2O[C@@H](O[C@@H]3C(COC(=O)c4ccccc4)O[C@@H](Sc4ccccc4)[C@@H](OC(=O)c4ccccc4)C3OC(=O)c3ccccc3)[C@@H](OC(=O)c3ccccc3)C(OC(=O)c3ccccc3)[C@H]2O)[C@@H](OC(=O)c2ccccc2)C(OC(=O)c2ccccc2)[C@H]1OC(=O)c1ccccc1. The molecule has 12 rings (SSSR count). The van der Waals surface area contributed by atoms with Crippen molar-refractivity contribution in [3.05, 3.63) is 317 Å². The van der Waals surface area contributed by atoms with Gasteiger partial charge in [-0.2, -0.15) is 0 Å². The Kier molecular flexibility index (Phi) is 24.0. The van der Waals surface area contributed by atoms with Crippen molar-refractivity contribution in [3.63, 3.8) is 0 Å². The summed E-state index contributed by atoms with van der Waals surface area (Å²) < 4.78 is 84.4. The number of carbonyl (C=O) groups excluding carboxylic acids is 8. The van der Waals surface area contributed by atoms with Crippen molar-refractivity contribution >= 4 is 59.5 Å². The van der Waals surface area contributed by atoms with E-state index in [2.05, 4.69) is 0 Å². The maximum absolute atomic E-state index is 14.9. The number of aliphatic hydroxyl groups is 1. The molecule has 1 N–H and O–H groups in total. The van der Waals surface area contributed by atoms with Crippen LogP contribution in [0.4, 0.5) is 0 Å². The fourth-order valence-electron chi connectivity index (χ4n) is 11.6. The fourth-order valence-corrected chi connectivity index (χ4v) is 12.7. The van der Waals surface area contributed by atoms with Gasteiger partial charge in [0.2, 0.25) is 0 Å². The molecular formula is C80H68O22S. The minimum absolute atomic E-state index is 0.0234. The number of ether oxygens (including phenoxy) is 13. The van der Waals surface area contributed by atoms with Gasteiger partial charge in [0.1, 0.15) is 36.5 Å². The molecular weight excluding hydrogens is 1340 g/mol. The lowest BCUT2D eigenvalue weighted by molar-refractivity contribution is -0.347. The minimum atomic E-state index is -2.14. The number of hydrogen-bond acceptors (Lipinski definition) is 23. The van der Waals surface area contributed by atoms with Crippen molar-refractivity contribution in [1.29, 1.82) is 0 Å². The second kappa shape index (κ2) is 34.5. The van der Waals surface area contributed by atoms with E-state index < -0.39 is 152 Å². The molecule has 0 spiro atoms. The molecule has 3 saturated heterocycles. The second-order valence-electron chi connectivity index (χ2n) is 23.8. The smallest absolute Gasteiger partial charge is 0.338 e. The van der Waals surface area contributed by atoms with E-state index in [0.29, 0.717) is 4.90 Å².